The van der Waals surface area contributed by atoms with Gasteiger partial charge in [-0.3, -0.25) is 0 Å². The normalized spacial score (nSPS) is 15.8. The number of aryl methyl sites for hydroxylation is 1. The quantitative estimate of drug-likeness (QED) is 0.651. The average molecular weight is 429 g/mol. The van der Waals surface area contributed by atoms with Crippen molar-refractivity contribution in [1.82, 2.24) is 10.6 Å². The van der Waals surface area contributed by atoms with E-state index in [1.807, 2.05) is 30.3 Å². The second kappa shape index (κ2) is 9.81. The number of rotatable bonds is 8. The van der Waals surface area contributed by atoms with Crippen LogP contribution in [0, 0.1) is 5.92 Å². The van der Waals surface area contributed by atoms with E-state index in [1.165, 1.54) is 5.56 Å². The van der Waals surface area contributed by atoms with E-state index in [9.17, 15) is 4.79 Å². The summed E-state index contributed by atoms with van der Waals surface area (Å²) >= 11 is 0. The number of methoxy groups -OCH3 is 4. The summed E-state index contributed by atoms with van der Waals surface area (Å²) in [4.78, 5) is 12.9. The minimum absolute atomic E-state index is 0.0759. The predicted octanol–water partition coefficient (Wildman–Crippen LogP) is 4.40. The topological polar surface area (TPSA) is 78.1 Å². The highest BCUT2D eigenvalue weighted by atomic mass is 16.5. The zero-order valence-electron chi connectivity index (χ0n) is 19.1. The van der Waals surface area contributed by atoms with Crippen molar-refractivity contribution in [2.75, 3.05) is 28.4 Å². The van der Waals surface area contributed by atoms with Crippen LogP contribution in [-0.4, -0.2) is 34.5 Å². The number of carbonyl (C=O) groups excluding carboxylic acids is 1. The van der Waals surface area contributed by atoms with Crippen molar-refractivity contribution in [3.05, 3.63) is 47.0 Å². The highest BCUT2D eigenvalue weighted by molar-refractivity contribution is 5.75. The van der Waals surface area contributed by atoms with E-state index in [0.717, 1.165) is 24.0 Å². The zero-order valence-corrected chi connectivity index (χ0v) is 19.1. The molecule has 0 saturated heterocycles. The molecule has 0 bridgehead atoms. The van der Waals surface area contributed by atoms with E-state index in [1.54, 1.807) is 28.4 Å². The Morgan fingerprint density at radius 1 is 0.903 bits per heavy atom. The van der Waals surface area contributed by atoms with Crippen LogP contribution in [0.25, 0.3) is 0 Å². The van der Waals surface area contributed by atoms with Gasteiger partial charge in [0.1, 0.15) is 0 Å². The molecule has 0 spiro atoms. The Labute approximate surface area is 184 Å². The molecule has 1 aliphatic carbocycles. The van der Waals surface area contributed by atoms with Crippen LogP contribution in [0.3, 0.4) is 0 Å². The maximum absolute atomic E-state index is 12.9. The summed E-state index contributed by atoms with van der Waals surface area (Å²) in [5.41, 5.74) is 3.20. The zero-order chi connectivity index (χ0) is 22.5. The first-order valence-corrected chi connectivity index (χ1v) is 10.5. The van der Waals surface area contributed by atoms with E-state index in [-0.39, 0.29) is 24.0 Å². The molecule has 0 unspecified atom stereocenters. The lowest BCUT2D eigenvalue weighted by Gasteiger charge is -2.25. The molecule has 31 heavy (non-hydrogen) atoms. The molecule has 0 fully saturated rings. The Morgan fingerprint density at radius 2 is 1.52 bits per heavy atom. The molecule has 2 aromatic carbocycles. The van der Waals surface area contributed by atoms with Crippen LogP contribution in [0.1, 0.15) is 49.0 Å². The van der Waals surface area contributed by atoms with Crippen molar-refractivity contribution in [2.24, 2.45) is 5.92 Å². The third-order valence-corrected chi connectivity index (χ3v) is 5.75. The van der Waals surface area contributed by atoms with Gasteiger partial charge in [0, 0.05) is 0 Å². The Hall–Kier alpha value is -3.09. The number of hydrogen-bond acceptors (Lipinski definition) is 5. The van der Waals surface area contributed by atoms with Crippen LogP contribution in [-0.2, 0) is 6.42 Å². The molecule has 2 atom stereocenters. The average Bonchev–Trinajstić information content (AvgIpc) is 3.16. The third kappa shape index (κ3) is 4.81. The fraction of sp³-hybridized carbons (Fsp3) is 0.458. The molecule has 2 aromatic rings. The summed E-state index contributed by atoms with van der Waals surface area (Å²) in [6, 6.07) is 9.21. The molecule has 7 nitrogen and oxygen atoms in total. The van der Waals surface area contributed by atoms with Gasteiger partial charge in [0.25, 0.3) is 0 Å². The molecule has 0 aromatic heterocycles. The molecular weight excluding hydrogens is 396 g/mol. The standard InChI is InChI=1S/C24H32N2O5/c1-14(2)23(16-8-10-19(28-3)20(12-16)29-4)26-24(27)25-18-9-7-15-11-21(30-5)22(31-6)13-17(15)18/h8,10-14,18,23H,7,9H2,1-6H3,(H2,25,26,27)/t18-,23+/m0/s1. The number of fused-ring (bicyclic) bond motifs is 1. The second-order valence-corrected chi connectivity index (χ2v) is 7.95. The van der Waals surface area contributed by atoms with Crippen molar-refractivity contribution in [3.63, 3.8) is 0 Å². The number of hydrogen-bond donors (Lipinski definition) is 2. The van der Waals surface area contributed by atoms with Crippen molar-refractivity contribution >= 4 is 6.03 Å². The van der Waals surface area contributed by atoms with Gasteiger partial charge in [0.2, 0.25) is 0 Å². The smallest absolute Gasteiger partial charge is 0.315 e. The van der Waals surface area contributed by atoms with Gasteiger partial charge < -0.3 is 29.6 Å². The van der Waals surface area contributed by atoms with Crippen molar-refractivity contribution in [1.29, 1.82) is 0 Å². The van der Waals surface area contributed by atoms with Crippen LogP contribution >= 0.6 is 0 Å². The molecule has 168 valence electrons. The fourth-order valence-electron chi connectivity index (χ4n) is 4.11. The second-order valence-electron chi connectivity index (χ2n) is 7.95. The van der Waals surface area contributed by atoms with Crippen molar-refractivity contribution in [3.8, 4) is 23.0 Å². The highest BCUT2D eigenvalue weighted by Crippen LogP contribution is 2.39. The maximum atomic E-state index is 12.9. The summed E-state index contributed by atoms with van der Waals surface area (Å²) in [6.45, 7) is 4.15. The van der Waals surface area contributed by atoms with E-state index in [2.05, 4.69) is 24.5 Å². The minimum Gasteiger partial charge on any atom is -0.493 e. The predicted molar refractivity (Wildman–Crippen MR) is 119 cm³/mol. The van der Waals surface area contributed by atoms with Crippen LogP contribution in [0.2, 0.25) is 0 Å². The maximum Gasteiger partial charge on any atom is 0.315 e. The van der Waals surface area contributed by atoms with Crippen molar-refractivity contribution < 1.29 is 23.7 Å². The van der Waals surface area contributed by atoms with Gasteiger partial charge in [0.15, 0.2) is 23.0 Å². The molecule has 0 aliphatic heterocycles. The summed E-state index contributed by atoms with van der Waals surface area (Å²) in [7, 11) is 6.45. The van der Waals surface area contributed by atoms with Crippen LogP contribution < -0.4 is 29.6 Å². The Morgan fingerprint density at radius 3 is 2.13 bits per heavy atom. The number of benzene rings is 2. The Kier molecular flexibility index (Phi) is 7.15. The first-order chi connectivity index (χ1) is 14.9. The van der Waals surface area contributed by atoms with Gasteiger partial charge >= 0.3 is 6.03 Å². The molecule has 3 rings (SSSR count). The largest absolute Gasteiger partial charge is 0.493 e. The molecule has 2 N–H and O–H groups in total. The lowest BCUT2D eigenvalue weighted by atomic mass is 9.95. The van der Waals surface area contributed by atoms with Gasteiger partial charge in [-0.05, 0) is 59.7 Å². The van der Waals surface area contributed by atoms with Gasteiger partial charge in [-0.25, -0.2) is 4.79 Å². The van der Waals surface area contributed by atoms with Gasteiger partial charge in [0.05, 0.1) is 40.5 Å². The summed E-state index contributed by atoms with van der Waals surface area (Å²) in [5.74, 6) is 2.85. The SMILES string of the molecule is COc1ccc([C@H](NC(=O)N[C@H]2CCc3cc(OC)c(OC)cc32)C(C)C)cc1OC. The summed E-state index contributed by atoms with van der Waals surface area (Å²) in [5, 5.41) is 6.26. The molecule has 0 heterocycles. The number of carbonyl (C=O) groups is 1. The molecule has 1 aliphatic rings. The van der Waals surface area contributed by atoms with E-state index >= 15 is 0 Å². The van der Waals surface area contributed by atoms with E-state index in [0.29, 0.717) is 23.0 Å². The first-order valence-electron chi connectivity index (χ1n) is 10.5. The van der Waals surface area contributed by atoms with Crippen LogP contribution in [0.4, 0.5) is 4.79 Å². The van der Waals surface area contributed by atoms with Gasteiger partial charge in [-0.15, -0.1) is 0 Å². The van der Waals surface area contributed by atoms with Crippen LogP contribution in [0.15, 0.2) is 30.3 Å². The van der Waals surface area contributed by atoms with Crippen molar-refractivity contribution in [2.45, 2.75) is 38.8 Å². The third-order valence-electron chi connectivity index (χ3n) is 5.75. The summed E-state index contributed by atoms with van der Waals surface area (Å²) in [6.07, 6.45) is 1.71. The number of amides is 2. The monoisotopic (exact) mass is 428 g/mol. The number of nitrogens with one attached hydrogen (secondary N) is 2. The highest BCUT2D eigenvalue weighted by Gasteiger charge is 2.28. The minimum atomic E-state index is -0.207. The molecule has 0 saturated carbocycles. The van der Waals surface area contributed by atoms with Gasteiger partial charge in [-0.1, -0.05) is 19.9 Å². The van der Waals surface area contributed by atoms with Gasteiger partial charge in [-0.2, -0.15) is 0 Å². The Balaban J connectivity index is 1.76. The number of urea groups is 1. The van der Waals surface area contributed by atoms with E-state index in [4.69, 9.17) is 18.9 Å². The molecular formula is C24H32N2O5. The Bertz CT molecular complexity index is 928. The lowest BCUT2D eigenvalue weighted by Crippen LogP contribution is -2.41. The fourth-order valence-corrected chi connectivity index (χ4v) is 4.11. The summed E-state index contributed by atoms with van der Waals surface area (Å²) < 4.78 is 21.6. The number of ether oxygens (including phenoxy) is 4. The first kappa shape index (κ1) is 22.6. The lowest BCUT2D eigenvalue weighted by molar-refractivity contribution is 0.229. The molecule has 7 heteroatoms. The molecule has 0 radical (unpaired) electrons. The molecule has 2 amide bonds. The van der Waals surface area contributed by atoms with Crippen LogP contribution in [0.5, 0.6) is 23.0 Å². The van der Waals surface area contributed by atoms with E-state index < -0.39 is 0 Å².